The lowest BCUT2D eigenvalue weighted by molar-refractivity contribution is 0.141. The summed E-state index contributed by atoms with van der Waals surface area (Å²) in [6.45, 7) is 5.45. The number of imidazole rings is 1. The molecule has 1 unspecified atom stereocenters. The summed E-state index contributed by atoms with van der Waals surface area (Å²) in [7, 11) is 0. The fourth-order valence-electron chi connectivity index (χ4n) is 3.62. The van der Waals surface area contributed by atoms with Crippen LogP contribution in [0.2, 0.25) is 0 Å². The summed E-state index contributed by atoms with van der Waals surface area (Å²) in [5.74, 6) is 1.69. The van der Waals surface area contributed by atoms with Crippen LogP contribution in [0.25, 0.3) is 22.7 Å². The van der Waals surface area contributed by atoms with Gasteiger partial charge in [0.15, 0.2) is 17.2 Å². The fourth-order valence-corrected chi connectivity index (χ4v) is 3.62. The van der Waals surface area contributed by atoms with E-state index in [1.807, 2.05) is 30.5 Å². The Balaban J connectivity index is 1.76. The van der Waals surface area contributed by atoms with Crippen LogP contribution in [0.5, 0.6) is 0 Å². The molecule has 0 saturated carbocycles. The van der Waals surface area contributed by atoms with Crippen LogP contribution < -0.4 is 0 Å². The first-order valence-corrected chi connectivity index (χ1v) is 8.46. The molecule has 0 amide bonds. The molecule has 3 aromatic heterocycles. The minimum Gasteiger partial charge on any atom is -0.461 e. The molecule has 5 heteroatoms. The fraction of sp³-hybridized carbons (Fsp3) is 0.444. The van der Waals surface area contributed by atoms with Gasteiger partial charge in [-0.2, -0.15) is 0 Å². The number of rotatable bonds is 4. The van der Waals surface area contributed by atoms with Gasteiger partial charge in [0, 0.05) is 18.8 Å². The summed E-state index contributed by atoms with van der Waals surface area (Å²) < 4.78 is 7.84. The van der Waals surface area contributed by atoms with E-state index in [9.17, 15) is 0 Å². The Morgan fingerprint density at radius 2 is 2.22 bits per heavy atom. The van der Waals surface area contributed by atoms with Gasteiger partial charge < -0.3 is 8.98 Å². The van der Waals surface area contributed by atoms with E-state index in [0.29, 0.717) is 6.04 Å². The Labute approximate surface area is 135 Å². The Morgan fingerprint density at radius 1 is 1.26 bits per heavy atom. The number of nitrogens with zero attached hydrogens (tertiary/aromatic N) is 4. The smallest absolute Gasteiger partial charge is 0.178 e. The number of pyridine rings is 1. The van der Waals surface area contributed by atoms with Crippen molar-refractivity contribution in [2.24, 2.45) is 0 Å². The zero-order chi connectivity index (χ0) is 15.6. The lowest BCUT2D eigenvalue weighted by Gasteiger charge is -2.35. The van der Waals surface area contributed by atoms with Gasteiger partial charge in [-0.25, -0.2) is 9.97 Å². The van der Waals surface area contributed by atoms with Crippen molar-refractivity contribution in [2.75, 3.05) is 13.1 Å². The van der Waals surface area contributed by atoms with Crippen molar-refractivity contribution in [2.45, 2.75) is 38.8 Å². The predicted octanol–water partition coefficient (Wildman–Crippen LogP) is 3.57. The van der Waals surface area contributed by atoms with Gasteiger partial charge in [0.2, 0.25) is 0 Å². The average molecular weight is 310 g/mol. The standard InChI is InChI=1S/C18H22N4O/c1-2-21-11-4-3-7-14(21)13-22-17-15(8-5-10-19-17)20-18(22)16-9-6-12-23-16/h5-6,8-10,12,14H,2-4,7,11,13H2,1H3. The van der Waals surface area contributed by atoms with Gasteiger partial charge in [0.25, 0.3) is 0 Å². The molecule has 1 atom stereocenters. The molecule has 1 fully saturated rings. The van der Waals surface area contributed by atoms with Gasteiger partial charge in [0.1, 0.15) is 5.52 Å². The first kappa shape index (κ1) is 14.5. The van der Waals surface area contributed by atoms with E-state index in [1.165, 1.54) is 25.8 Å². The van der Waals surface area contributed by atoms with Gasteiger partial charge in [-0.15, -0.1) is 0 Å². The quantitative estimate of drug-likeness (QED) is 0.739. The monoisotopic (exact) mass is 310 g/mol. The molecule has 0 spiro atoms. The van der Waals surface area contributed by atoms with Gasteiger partial charge in [-0.1, -0.05) is 13.3 Å². The van der Waals surface area contributed by atoms with Gasteiger partial charge >= 0.3 is 0 Å². The highest BCUT2D eigenvalue weighted by Gasteiger charge is 2.24. The van der Waals surface area contributed by atoms with Crippen molar-refractivity contribution in [3.8, 4) is 11.6 Å². The maximum Gasteiger partial charge on any atom is 0.178 e. The van der Waals surface area contributed by atoms with Crippen LogP contribution in [-0.2, 0) is 6.54 Å². The van der Waals surface area contributed by atoms with Crippen LogP contribution in [0.15, 0.2) is 41.1 Å². The molecule has 120 valence electrons. The van der Waals surface area contributed by atoms with E-state index >= 15 is 0 Å². The highest BCUT2D eigenvalue weighted by molar-refractivity contribution is 5.75. The van der Waals surface area contributed by atoms with Crippen LogP contribution in [0.1, 0.15) is 26.2 Å². The molecule has 0 N–H and O–H groups in total. The average Bonchev–Trinajstić information content (AvgIpc) is 3.23. The SMILES string of the molecule is CCN1CCCCC1Cn1c(-c2ccco2)nc2cccnc21. The number of furan rings is 1. The van der Waals surface area contributed by atoms with Crippen LogP contribution >= 0.6 is 0 Å². The Kier molecular flexibility index (Phi) is 3.87. The molecule has 5 nitrogen and oxygen atoms in total. The molecule has 4 rings (SSSR count). The molecule has 4 heterocycles. The van der Waals surface area contributed by atoms with E-state index in [-0.39, 0.29) is 0 Å². The van der Waals surface area contributed by atoms with Crippen molar-refractivity contribution in [1.82, 2.24) is 19.4 Å². The van der Waals surface area contributed by atoms with Gasteiger partial charge in [0.05, 0.1) is 6.26 Å². The topological polar surface area (TPSA) is 47.1 Å². The summed E-state index contributed by atoms with van der Waals surface area (Å²) >= 11 is 0. The summed E-state index contributed by atoms with van der Waals surface area (Å²) in [6, 6.07) is 8.37. The van der Waals surface area contributed by atoms with E-state index in [4.69, 9.17) is 9.40 Å². The number of hydrogen-bond donors (Lipinski definition) is 0. The van der Waals surface area contributed by atoms with Gasteiger partial charge in [-0.3, -0.25) is 4.90 Å². The van der Waals surface area contributed by atoms with E-state index in [0.717, 1.165) is 35.8 Å². The molecule has 3 aromatic rings. The highest BCUT2D eigenvalue weighted by Crippen LogP contribution is 2.27. The largest absolute Gasteiger partial charge is 0.461 e. The molecule has 0 bridgehead atoms. The molecule has 23 heavy (non-hydrogen) atoms. The summed E-state index contributed by atoms with van der Waals surface area (Å²) in [5, 5.41) is 0. The van der Waals surface area contributed by atoms with Crippen LogP contribution in [0, 0.1) is 0 Å². The zero-order valence-corrected chi connectivity index (χ0v) is 13.5. The van der Waals surface area contributed by atoms with Crippen LogP contribution in [0.3, 0.4) is 0 Å². The lowest BCUT2D eigenvalue weighted by atomic mass is 10.0. The van der Waals surface area contributed by atoms with Crippen molar-refractivity contribution < 1.29 is 4.42 Å². The third-order valence-corrected chi connectivity index (χ3v) is 4.79. The van der Waals surface area contributed by atoms with Crippen molar-refractivity contribution in [1.29, 1.82) is 0 Å². The molecule has 1 saturated heterocycles. The molecule has 0 aliphatic carbocycles. The second kappa shape index (κ2) is 6.16. The summed E-state index contributed by atoms with van der Waals surface area (Å²) in [4.78, 5) is 11.9. The minimum atomic E-state index is 0.543. The van der Waals surface area contributed by atoms with Crippen molar-refractivity contribution in [3.05, 3.63) is 36.7 Å². The van der Waals surface area contributed by atoms with Crippen LogP contribution in [-0.4, -0.2) is 38.6 Å². The summed E-state index contributed by atoms with van der Waals surface area (Å²) in [6.07, 6.45) is 7.38. The highest BCUT2D eigenvalue weighted by atomic mass is 16.3. The van der Waals surface area contributed by atoms with Crippen LogP contribution in [0.4, 0.5) is 0 Å². The number of aromatic nitrogens is 3. The number of fused-ring (bicyclic) bond motifs is 1. The van der Waals surface area contributed by atoms with Crippen molar-refractivity contribution in [3.63, 3.8) is 0 Å². The zero-order valence-electron chi connectivity index (χ0n) is 13.5. The molecular weight excluding hydrogens is 288 g/mol. The summed E-state index contributed by atoms with van der Waals surface area (Å²) in [5.41, 5.74) is 1.87. The first-order valence-electron chi connectivity index (χ1n) is 8.46. The van der Waals surface area contributed by atoms with E-state index < -0.39 is 0 Å². The number of likely N-dealkylation sites (tertiary alicyclic amines) is 1. The third kappa shape index (κ3) is 2.65. The maximum absolute atomic E-state index is 5.61. The number of piperidine rings is 1. The van der Waals surface area contributed by atoms with Gasteiger partial charge in [-0.05, 0) is 50.2 Å². The van der Waals surface area contributed by atoms with E-state index in [1.54, 1.807) is 6.26 Å². The Hall–Kier alpha value is -2.14. The molecule has 0 radical (unpaired) electrons. The molecular formula is C18H22N4O. The maximum atomic E-state index is 5.61. The number of likely N-dealkylation sites (N-methyl/N-ethyl adjacent to an activating group) is 1. The Morgan fingerprint density at radius 3 is 3.04 bits per heavy atom. The normalized spacial score (nSPS) is 19.4. The molecule has 1 aliphatic rings. The molecule has 1 aliphatic heterocycles. The first-order chi connectivity index (χ1) is 11.4. The predicted molar refractivity (Wildman–Crippen MR) is 90.1 cm³/mol. The number of hydrogen-bond acceptors (Lipinski definition) is 4. The lowest BCUT2D eigenvalue weighted by Crippen LogP contribution is -2.41. The third-order valence-electron chi connectivity index (χ3n) is 4.79. The Bertz CT molecular complexity index is 778. The minimum absolute atomic E-state index is 0.543. The molecule has 0 aromatic carbocycles. The second-order valence-electron chi connectivity index (χ2n) is 6.15. The van der Waals surface area contributed by atoms with E-state index in [2.05, 4.69) is 21.4 Å². The second-order valence-corrected chi connectivity index (χ2v) is 6.15. The van der Waals surface area contributed by atoms with Crippen molar-refractivity contribution >= 4 is 11.2 Å².